The van der Waals surface area contributed by atoms with Gasteiger partial charge < -0.3 is 14.2 Å². The minimum atomic E-state index is -0.507. The van der Waals surface area contributed by atoms with E-state index in [1.165, 1.54) is 0 Å². The summed E-state index contributed by atoms with van der Waals surface area (Å²) < 4.78 is 12.4. The molecule has 0 spiro atoms. The predicted octanol–water partition coefficient (Wildman–Crippen LogP) is 2.53. The van der Waals surface area contributed by atoms with Crippen LogP contribution in [0.15, 0.2) is 18.2 Å². The largest absolute Gasteiger partial charge is 0.495 e. The Kier molecular flexibility index (Phi) is 3.85. The second-order valence-electron chi connectivity index (χ2n) is 7.77. The molecule has 1 aliphatic carbocycles. The second kappa shape index (κ2) is 5.35. The Hall–Kier alpha value is -1.33. The van der Waals surface area contributed by atoms with Crippen LogP contribution in [-0.4, -0.2) is 42.2 Å². The van der Waals surface area contributed by atoms with E-state index in [0.29, 0.717) is 11.6 Å². The number of aryl methyl sites for hydroxylation is 1. The number of carbonyl (C=O) groups is 1. The highest BCUT2D eigenvalue weighted by atomic mass is 16.7. The lowest BCUT2D eigenvalue weighted by atomic mass is 9.73. The van der Waals surface area contributed by atoms with Crippen molar-refractivity contribution in [1.29, 1.82) is 0 Å². The third kappa shape index (κ3) is 2.81. The Morgan fingerprint density at radius 3 is 2.26 bits per heavy atom. The van der Waals surface area contributed by atoms with Gasteiger partial charge in [-0.1, -0.05) is 17.7 Å². The van der Waals surface area contributed by atoms with Gasteiger partial charge >= 0.3 is 7.12 Å². The van der Waals surface area contributed by atoms with E-state index in [1.54, 1.807) is 0 Å². The van der Waals surface area contributed by atoms with Crippen molar-refractivity contribution in [2.45, 2.75) is 64.7 Å². The van der Waals surface area contributed by atoms with Crippen LogP contribution in [0, 0.1) is 6.92 Å². The van der Waals surface area contributed by atoms with E-state index in [9.17, 15) is 4.79 Å². The summed E-state index contributed by atoms with van der Waals surface area (Å²) in [6.45, 7) is 10.1. The van der Waals surface area contributed by atoms with E-state index in [-0.39, 0.29) is 5.91 Å². The van der Waals surface area contributed by atoms with Crippen LogP contribution in [0.1, 0.15) is 56.5 Å². The van der Waals surface area contributed by atoms with Crippen LogP contribution in [0.4, 0.5) is 0 Å². The molecular formula is C18H26BNO3. The van der Waals surface area contributed by atoms with Gasteiger partial charge in [-0.15, -0.1) is 0 Å². The number of hydrogen-bond acceptors (Lipinski definition) is 3. The first-order valence-electron chi connectivity index (χ1n) is 8.36. The summed E-state index contributed by atoms with van der Waals surface area (Å²) in [5.41, 5.74) is 1.76. The molecule has 1 saturated carbocycles. The van der Waals surface area contributed by atoms with Gasteiger partial charge in [0.15, 0.2) is 0 Å². The van der Waals surface area contributed by atoms with Crippen molar-refractivity contribution >= 4 is 18.5 Å². The number of benzene rings is 1. The molecule has 0 radical (unpaired) electrons. The van der Waals surface area contributed by atoms with E-state index in [0.717, 1.165) is 23.9 Å². The summed E-state index contributed by atoms with van der Waals surface area (Å²) >= 11 is 0. The first kappa shape index (κ1) is 16.5. The zero-order valence-electron chi connectivity index (χ0n) is 15.0. The van der Waals surface area contributed by atoms with Gasteiger partial charge in [0.2, 0.25) is 0 Å². The summed E-state index contributed by atoms with van der Waals surface area (Å²) in [5, 5.41) is 0. The van der Waals surface area contributed by atoms with Crippen molar-refractivity contribution in [3.8, 4) is 0 Å². The second-order valence-corrected chi connectivity index (χ2v) is 7.77. The van der Waals surface area contributed by atoms with Gasteiger partial charge in [-0.25, -0.2) is 0 Å². The molecule has 2 fully saturated rings. The van der Waals surface area contributed by atoms with Gasteiger partial charge in [-0.3, -0.25) is 4.79 Å². The van der Waals surface area contributed by atoms with Crippen molar-refractivity contribution < 1.29 is 14.1 Å². The summed E-state index contributed by atoms with van der Waals surface area (Å²) in [7, 11) is 1.38. The maximum atomic E-state index is 12.9. The smallest absolute Gasteiger partial charge is 0.399 e. The molecule has 3 rings (SSSR count). The fraction of sp³-hybridized carbons (Fsp3) is 0.611. The molecule has 1 amide bonds. The summed E-state index contributed by atoms with van der Waals surface area (Å²) in [6.07, 6.45) is 2.19. The monoisotopic (exact) mass is 315 g/mol. The summed E-state index contributed by atoms with van der Waals surface area (Å²) in [4.78, 5) is 14.7. The summed E-state index contributed by atoms with van der Waals surface area (Å²) in [5.74, 6) is 0.0564. The number of amides is 1. The highest BCUT2D eigenvalue weighted by Crippen LogP contribution is 2.37. The van der Waals surface area contributed by atoms with Gasteiger partial charge in [-0.2, -0.15) is 0 Å². The van der Waals surface area contributed by atoms with Crippen molar-refractivity contribution in [2.24, 2.45) is 0 Å². The Morgan fingerprint density at radius 1 is 1.17 bits per heavy atom. The van der Waals surface area contributed by atoms with Gasteiger partial charge in [-0.05, 0) is 59.0 Å². The van der Waals surface area contributed by atoms with Crippen LogP contribution >= 0.6 is 0 Å². The lowest BCUT2D eigenvalue weighted by molar-refractivity contribution is 0.00578. The van der Waals surface area contributed by atoms with Crippen LogP contribution in [0.25, 0.3) is 0 Å². The maximum absolute atomic E-state index is 12.9. The topological polar surface area (TPSA) is 38.8 Å². The molecule has 23 heavy (non-hydrogen) atoms. The molecule has 0 bridgehead atoms. The molecular weight excluding hydrogens is 289 g/mol. The minimum absolute atomic E-state index is 0.0564. The molecule has 0 atom stereocenters. The SMILES string of the molecule is Cc1cccc(C(=O)N(C)C2CC2)c1B1OC(C)(C)C(C)(C)O1. The van der Waals surface area contributed by atoms with Crippen molar-refractivity contribution in [3.05, 3.63) is 29.3 Å². The molecule has 5 heteroatoms. The van der Waals surface area contributed by atoms with E-state index in [4.69, 9.17) is 9.31 Å². The molecule has 1 aromatic carbocycles. The molecule has 4 nitrogen and oxygen atoms in total. The highest BCUT2D eigenvalue weighted by Gasteiger charge is 2.53. The van der Waals surface area contributed by atoms with E-state index < -0.39 is 18.3 Å². The van der Waals surface area contributed by atoms with E-state index >= 15 is 0 Å². The molecule has 0 aromatic heterocycles. The van der Waals surface area contributed by atoms with Crippen LogP contribution in [0.5, 0.6) is 0 Å². The lowest BCUT2D eigenvalue weighted by Gasteiger charge is -2.32. The molecule has 0 unspecified atom stereocenters. The Balaban J connectivity index is 1.98. The zero-order valence-corrected chi connectivity index (χ0v) is 15.0. The van der Waals surface area contributed by atoms with Crippen molar-refractivity contribution in [1.82, 2.24) is 4.90 Å². The van der Waals surface area contributed by atoms with Gasteiger partial charge in [0.25, 0.3) is 5.91 Å². The average molecular weight is 315 g/mol. The Morgan fingerprint density at radius 2 is 1.74 bits per heavy atom. The third-order valence-electron chi connectivity index (χ3n) is 5.46. The maximum Gasteiger partial charge on any atom is 0.495 e. The number of hydrogen-bond donors (Lipinski definition) is 0. The number of rotatable bonds is 3. The molecule has 124 valence electrons. The van der Waals surface area contributed by atoms with Gasteiger partial charge in [0.1, 0.15) is 0 Å². The Labute approximate surface area is 139 Å². The normalized spacial score (nSPS) is 22.3. The van der Waals surface area contributed by atoms with Gasteiger partial charge in [0.05, 0.1) is 11.2 Å². The Bertz CT molecular complexity index is 621. The molecule has 1 saturated heterocycles. The molecule has 2 aliphatic rings. The molecule has 1 heterocycles. The van der Waals surface area contributed by atoms with E-state index in [2.05, 4.69) is 0 Å². The fourth-order valence-corrected chi connectivity index (χ4v) is 2.96. The van der Waals surface area contributed by atoms with Gasteiger partial charge in [0, 0.05) is 18.7 Å². The standard InChI is InChI=1S/C18H26BNO3/c1-12-8-7-9-14(16(21)20(6)13-10-11-13)15(12)19-22-17(2,3)18(4,5)23-19/h7-9,13H,10-11H2,1-6H3. The number of carbonyl (C=O) groups excluding carboxylic acids is 1. The summed E-state index contributed by atoms with van der Waals surface area (Å²) in [6, 6.07) is 6.20. The van der Waals surface area contributed by atoms with E-state index in [1.807, 2.05) is 64.8 Å². The first-order chi connectivity index (χ1) is 10.6. The lowest BCUT2D eigenvalue weighted by Crippen LogP contribution is -2.42. The van der Waals surface area contributed by atoms with Crippen LogP contribution in [-0.2, 0) is 9.31 Å². The quantitative estimate of drug-likeness (QED) is 0.805. The van der Waals surface area contributed by atoms with Crippen molar-refractivity contribution in [2.75, 3.05) is 7.05 Å². The predicted molar refractivity (Wildman–Crippen MR) is 92.0 cm³/mol. The zero-order chi connectivity index (χ0) is 17.0. The third-order valence-corrected chi connectivity index (χ3v) is 5.46. The first-order valence-corrected chi connectivity index (χ1v) is 8.36. The average Bonchev–Trinajstić information content (AvgIpc) is 3.25. The van der Waals surface area contributed by atoms with Crippen molar-refractivity contribution in [3.63, 3.8) is 0 Å². The molecule has 1 aliphatic heterocycles. The number of nitrogens with zero attached hydrogens (tertiary/aromatic N) is 1. The molecule has 1 aromatic rings. The molecule has 0 N–H and O–H groups in total. The van der Waals surface area contributed by atoms with Crippen LogP contribution < -0.4 is 5.46 Å². The minimum Gasteiger partial charge on any atom is -0.399 e. The highest BCUT2D eigenvalue weighted by molar-refractivity contribution is 6.64. The van der Waals surface area contributed by atoms with Crippen LogP contribution in [0.3, 0.4) is 0 Å². The fourth-order valence-electron chi connectivity index (χ4n) is 2.96. The van der Waals surface area contributed by atoms with Crippen LogP contribution in [0.2, 0.25) is 0 Å².